The summed E-state index contributed by atoms with van der Waals surface area (Å²) in [6, 6.07) is 3.42. The van der Waals surface area contributed by atoms with Gasteiger partial charge < -0.3 is 10.3 Å². The molecule has 0 aliphatic carbocycles. The van der Waals surface area contributed by atoms with E-state index in [-0.39, 0.29) is 12.3 Å². The molecule has 0 bridgehead atoms. The maximum absolute atomic E-state index is 11.1. The van der Waals surface area contributed by atoms with E-state index in [4.69, 9.17) is 5.73 Å². The molecule has 5 heteroatoms. The van der Waals surface area contributed by atoms with Crippen LogP contribution in [0.1, 0.15) is 12.0 Å². The molecule has 14 heavy (non-hydrogen) atoms. The number of amides is 1. The molecule has 1 radical (unpaired) electrons. The van der Waals surface area contributed by atoms with E-state index in [0.29, 0.717) is 5.03 Å². The molecule has 1 rings (SSSR count). The van der Waals surface area contributed by atoms with E-state index in [1.54, 1.807) is 31.0 Å². The zero-order chi connectivity index (χ0) is 10.6. The van der Waals surface area contributed by atoms with E-state index in [1.807, 2.05) is 0 Å². The zero-order valence-electron chi connectivity index (χ0n) is 7.77. The van der Waals surface area contributed by atoms with Gasteiger partial charge in [-0.05, 0) is 11.6 Å². The van der Waals surface area contributed by atoms with E-state index in [2.05, 4.69) is 4.98 Å². The molecular weight excluding hydrogens is 200 g/mol. The Bertz CT molecular complexity index is 328. The Balaban J connectivity index is 2.68. The lowest BCUT2D eigenvalue weighted by Crippen LogP contribution is -2.10. The molecular formula is C9H11N2O2S. The summed E-state index contributed by atoms with van der Waals surface area (Å²) in [4.78, 5) is 14.4. The maximum atomic E-state index is 11.1. The summed E-state index contributed by atoms with van der Waals surface area (Å²) in [5.41, 5.74) is 5.80. The normalized spacial score (nSPS) is 12.4. The number of hydrogen-bond acceptors (Lipinski definition) is 3. The van der Waals surface area contributed by atoms with Crippen LogP contribution in [0.25, 0.3) is 0 Å². The zero-order valence-corrected chi connectivity index (χ0v) is 8.58. The van der Waals surface area contributed by atoms with Crippen LogP contribution in [0.3, 0.4) is 0 Å². The highest BCUT2D eigenvalue weighted by Crippen LogP contribution is 2.10. The molecule has 75 valence electrons. The molecule has 0 aliphatic heterocycles. The van der Waals surface area contributed by atoms with Gasteiger partial charge in [-0.1, -0.05) is 0 Å². The lowest BCUT2D eigenvalue weighted by molar-refractivity contribution is -0.117. The van der Waals surface area contributed by atoms with Gasteiger partial charge in [0.05, 0.1) is 0 Å². The van der Waals surface area contributed by atoms with Crippen molar-refractivity contribution in [3.05, 3.63) is 30.3 Å². The van der Waals surface area contributed by atoms with Crippen molar-refractivity contribution in [3.63, 3.8) is 0 Å². The van der Waals surface area contributed by atoms with Crippen LogP contribution in [0.2, 0.25) is 0 Å². The molecule has 0 saturated heterocycles. The second-order valence-corrected chi connectivity index (χ2v) is 4.08. The Morgan fingerprint density at radius 3 is 3.07 bits per heavy atom. The molecule has 0 unspecified atom stereocenters. The first kappa shape index (κ1) is 11.0. The minimum atomic E-state index is -1.10. The lowest BCUT2D eigenvalue weighted by atomic mass is 10.1. The van der Waals surface area contributed by atoms with Crippen molar-refractivity contribution in [1.29, 1.82) is 0 Å². The second kappa shape index (κ2) is 4.97. The van der Waals surface area contributed by atoms with Crippen molar-refractivity contribution in [2.45, 2.75) is 11.4 Å². The predicted molar refractivity (Wildman–Crippen MR) is 53.8 cm³/mol. The fraction of sp³-hybridized carbons (Fsp3) is 0.222. The van der Waals surface area contributed by atoms with Crippen LogP contribution in [-0.4, -0.2) is 21.7 Å². The number of hydrogen-bond donors (Lipinski definition) is 1. The van der Waals surface area contributed by atoms with Crippen molar-refractivity contribution in [1.82, 2.24) is 4.98 Å². The van der Waals surface area contributed by atoms with Crippen LogP contribution in [0.5, 0.6) is 0 Å². The van der Waals surface area contributed by atoms with Gasteiger partial charge in [-0.15, -0.1) is 0 Å². The number of carbonyl (C=O) groups is 1. The van der Waals surface area contributed by atoms with Gasteiger partial charge >= 0.3 is 0 Å². The van der Waals surface area contributed by atoms with Crippen LogP contribution in [0, 0.1) is 6.42 Å². The summed E-state index contributed by atoms with van der Waals surface area (Å²) >= 11 is -1.10. The van der Waals surface area contributed by atoms with E-state index >= 15 is 0 Å². The Morgan fingerprint density at radius 2 is 2.50 bits per heavy atom. The highest BCUT2D eigenvalue weighted by Gasteiger charge is 2.07. The Hall–Kier alpha value is -1.07. The van der Waals surface area contributed by atoms with Gasteiger partial charge in [0.25, 0.3) is 0 Å². The molecule has 2 N–H and O–H groups in total. The van der Waals surface area contributed by atoms with Gasteiger partial charge in [0.15, 0.2) is 0 Å². The third-order valence-corrected chi connectivity index (χ3v) is 2.40. The number of nitrogens with zero attached hydrogens (tertiary/aromatic N) is 1. The number of rotatable bonds is 4. The van der Waals surface area contributed by atoms with Crippen molar-refractivity contribution < 1.29 is 9.35 Å². The van der Waals surface area contributed by atoms with E-state index in [9.17, 15) is 9.35 Å². The maximum Gasteiger partial charge on any atom is 0.244 e. The Labute approximate surface area is 85.7 Å². The summed E-state index contributed by atoms with van der Waals surface area (Å²) in [5, 5.41) is 0.503. The first-order chi connectivity index (χ1) is 6.59. The third-order valence-electron chi connectivity index (χ3n) is 1.59. The van der Waals surface area contributed by atoms with E-state index in [1.165, 1.54) is 0 Å². The monoisotopic (exact) mass is 211 g/mol. The molecule has 0 aromatic carbocycles. The molecule has 0 saturated carbocycles. The average molecular weight is 211 g/mol. The number of nitrogens with two attached hydrogens (primary N) is 1. The van der Waals surface area contributed by atoms with Crippen molar-refractivity contribution in [3.8, 4) is 0 Å². The molecule has 1 atom stereocenters. The first-order valence-electron chi connectivity index (χ1n) is 4.00. The second-order valence-electron chi connectivity index (χ2n) is 2.76. The first-order valence-corrected chi connectivity index (χ1v) is 5.56. The molecule has 0 spiro atoms. The Morgan fingerprint density at radius 1 is 1.79 bits per heavy atom. The minimum Gasteiger partial charge on any atom is -0.610 e. The topological polar surface area (TPSA) is 79.0 Å². The summed E-state index contributed by atoms with van der Waals surface area (Å²) < 4.78 is 11.1. The summed E-state index contributed by atoms with van der Waals surface area (Å²) in [7, 11) is 0. The van der Waals surface area contributed by atoms with Crippen LogP contribution in [0.15, 0.2) is 23.4 Å². The quantitative estimate of drug-likeness (QED) is 0.725. The molecule has 0 aliphatic rings. The van der Waals surface area contributed by atoms with Gasteiger partial charge in [0, 0.05) is 36.3 Å². The van der Waals surface area contributed by atoms with Crippen molar-refractivity contribution in [2.75, 3.05) is 6.26 Å². The van der Waals surface area contributed by atoms with Crippen molar-refractivity contribution in [2.24, 2.45) is 5.73 Å². The third kappa shape index (κ3) is 3.35. The molecule has 1 amide bonds. The molecule has 0 fully saturated rings. The molecule has 1 aromatic rings. The van der Waals surface area contributed by atoms with Gasteiger partial charge in [-0.3, -0.25) is 4.79 Å². The SMILES string of the molecule is C[S@+]([O-])c1cc([CH]CC(N)=O)ccn1. The van der Waals surface area contributed by atoms with Crippen LogP contribution >= 0.6 is 0 Å². The number of carbonyl (C=O) groups excluding carboxylic acids is 1. The average Bonchev–Trinajstić information content (AvgIpc) is 2.15. The van der Waals surface area contributed by atoms with Crippen molar-refractivity contribution >= 4 is 17.1 Å². The van der Waals surface area contributed by atoms with E-state index in [0.717, 1.165) is 5.56 Å². The highest BCUT2D eigenvalue weighted by molar-refractivity contribution is 7.90. The number of aromatic nitrogens is 1. The molecule has 4 nitrogen and oxygen atoms in total. The standard InChI is InChI=1S/C9H11N2O2S/c1-14(13)9-6-7(4-5-11-9)2-3-8(10)12/h2,4-6H,3H2,1H3,(H2,10,12)/t14-/m0/s1. The highest BCUT2D eigenvalue weighted by atomic mass is 32.2. The molecule has 1 aromatic heterocycles. The van der Waals surface area contributed by atoms with Crippen LogP contribution < -0.4 is 5.73 Å². The summed E-state index contributed by atoms with van der Waals surface area (Å²) in [6.07, 6.45) is 4.98. The van der Waals surface area contributed by atoms with Gasteiger partial charge in [0.2, 0.25) is 10.9 Å². The van der Waals surface area contributed by atoms with E-state index < -0.39 is 11.2 Å². The Kier molecular flexibility index (Phi) is 3.91. The van der Waals surface area contributed by atoms with Gasteiger partial charge in [-0.2, -0.15) is 0 Å². The molecule has 1 heterocycles. The fourth-order valence-electron chi connectivity index (χ4n) is 0.927. The largest absolute Gasteiger partial charge is 0.610 e. The number of pyridine rings is 1. The minimum absolute atomic E-state index is 0.180. The van der Waals surface area contributed by atoms with Crippen LogP contribution in [-0.2, 0) is 16.0 Å². The summed E-state index contributed by atoms with van der Waals surface area (Å²) in [6.45, 7) is 0. The van der Waals surface area contributed by atoms with Gasteiger partial charge in [0.1, 0.15) is 6.26 Å². The van der Waals surface area contributed by atoms with Gasteiger partial charge in [-0.25, -0.2) is 4.98 Å². The fourth-order valence-corrected chi connectivity index (χ4v) is 1.44. The van der Waals surface area contributed by atoms with Crippen LogP contribution in [0.4, 0.5) is 0 Å². The number of primary amides is 1. The smallest absolute Gasteiger partial charge is 0.244 e. The summed E-state index contributed by atoms with van der Waals surface area (Å²) in [5.74, 6) is -0.388. The lowest BCUT2D eigenvalue weighted by Gasteiger charge is -2.04. The predicted octanol–water partition coefficient (Wildman–Crippen LogP) is 0.247.